The van der Waals surface area contributed by atoms with Crippen LogP contribution < -0.4 is 10.6 Å². The number of nitrogens with zero attached hydrogens (tertiary/aromatic N) is 2. The number of hydrogen-bond donors (Lipinski definition) is 2. The van der Waals surface area contributed by atoms with E-state index in [1.807, 2.05) is 11.8 Å². The summed E-state index contributed by atoms with van der Waals surface area (Å²) in [5, 5.41) is 6.01. The Morgan fingerprint density at radius 2 is 1.86 bits per heavy atom. The van der Waals surface area contributed by atoms with Gasteiger partial charge in [0, 0.05) is 33.2 Å². The summed E-state index contributed by atoms with van der Waals surface area (Å²) in [7, 11) is 3.09. The van der Waals surface area contributed by atoms with Crippen molar-refractivity contribution in [3.8, 4) is 0 Å². The van der Waals surface area contributed by atoms with Gasteiger partial charge >= 0.3 is 5.97 Å². The van der Waals surface area contributed by atoms with E-state index in [0.717, 1.165) is 12.1 Å². The highest BCUT2D eigenvalue weighted by Gasteiger charge is 2.36. The van der Waals surface area contributed by atoms with Crippen molar-refractivity contribution in [2.24, 2.45) is 16.8 Å². The van der Waals surface area contributed by atoms with Gasteiger partial charge in [0.25, 0.3) is 0 Å². The topological polar surface area (TPSA) is 83.0 Å². The monoisotopic (exact) mass is 506 g/mol. The maximum absolute atomic E-state index is 12.9. The van der Waals surface area contributed by atoms with E-state index in [-0.39, 0.29) is 59.9 Å². The third kappa shape index (κ3) is 6.92. The van der Waals surface area contributed by atoms with Crippen LogP contribution >= 0.6 is 24.0 Å². The number of methoxy groups -OCH3 is 1. The van der Waals surface area contributed by atoms with E-state index in [2.05, 4.69) is 15.6 Å². The quantitative estimate of drug-likeness (QED) is 0.201. The molecule has 0 aromatic heterocycles. The number of amides is 1. The fraction of sp³-hybridized carbons (Fsp3) is 0.526. The molecule has 1 aromatic rings. The first-order valence-corrected chi connectivity index (χ1v) is 8.99. The van der Waals surface area contributed by atoms with Crippen molar-refractivity contribution in [3.63, 3.8) is 0 Å². The van der Waals surface area contributed by atoms with Crippen LogP contribution in [0.3, 0.4) is 0 Å². The van der Waals surface area contributed by atoms with Gasteiger partial charge in [0.05, 0.1) is 19.4 Å². The second-order valence-electron chi connectivity index (χ2n) is 6.64. The number of aliphatic imine (C=N–C) groups is 1. The lowest BCUT2D eigenvalue weighted by molar-refractivity contribution is -0.146. The highest BCUT2D eigenvalue weighted by molar-refractivity contribution is 14.0. The molecule has 2 unspecified atom stereocenters. The molecule has 2 atom stereocenters. The Labute approximate surface area is 182 Å². The fourth-order valence-corrected chi connectivity index (χ4v) is 3.16. The molecule has 1 heterocycles. The minimum Gasteiger partial charge on any atom is -0.469 e. The van der Waals surface area contributed by atoms with Crippen LogP contribution in [0, 0.1) is 17.7 Å². The van der Waals surface area contributed by atoms with Crippen LogP contribution in [0.2, 0.25) is 0 Å². The summed E-state index contributed by atoms with van der Waals surface area (Å²) in [6.07, 6.45) is 0.208. The summed E-state index contributed by atoms with van der Waals surface area (Å²) in [6, 6.07) is 5.88. The van der Waals surface area contributed by atoms with Crippen LogP contribution in [-0.2, 0) is 20.7 Å². The SMILES string of the molecule is CN=C(NCCNC(=O)Cc1ccc(F)cc1)N1CC(C)C(C(=O)OC)C1.I. The third-order valence-electron chi connectivity index (χ3n) is 4.64. The molecule has 156 valence electrons. The number of benzene rings is 1. The van der Waals surface area contributed by atoms with E-state index in [4.69, 9.17) is 4.74 Å². The first-order valence-electron chi connectivity index (χ1n) is 8.99. The first kappa shape index (κ1) is 24.1. The normalized spacial score (nSPS) is 19.0. The fourth-order valence-electron chi connectivity index (χ4n) is 3.16. The maximum Gasteiger partial charge on any atom is 0.310 e. The van der Waals surface area contributed by atoms with E-state index in [1.54, 1.807) is 19.2 Å². The lowest BCUT2D eigenvalue weighted by Gasteiger charge is -2.21. The van der Waals surface area contributed by atoms with Gasteiger partial charge in [-0.2, -0.15) is 0 Å². The van der Waals surface area contributed by atoms with Crippen molar-refractivity contribution >= 4 is 41.8 Å². The molecule has 9 heteroatoms. The van der Waals surface area contributed by atoms with Gasteiger partial charge in [-0.25, -0.2) is 4.39 Å². The number of esters is 1. The molecule has 1 fully saturated rings. The summed E-state index contributed by atoms with van der Waals surface area (Å²) in [5.41, 5.74) is 0.762. The van der Waals surface area contributed by atoms with Gasteiger partial charge in [-0.1, -0.05) is 19.1 Å². The summed E-state index contributed by atoms with van der Waals surface area (Å²) >= 11 is 0. The van der Waals surface area contributed by atoms with Gasteiger partial charge in [0.2, 0.25) is 5.91 Å². The van der Waals surface area contributed by atoms with Gasteiger partial charge in [0.1, 0.15) is 5.82 Å². The maximum atomic E-state index is 12.9. The zero-order valence-electron chi connectivity index (χ0n) is 16.4. The Morgan fingerprint density at radius 3 is 2.46 bits per heavy atom. The Kier molecular flexibility index (Phi) is 10.2. The van der Waals surface area contributed by atoms with Crippen molar-refractivity contribution in [3.05, 3.63) is 35.6 Å². The lowest BCUT2D eigenvalue weighted by Crippen LogP contribution is -2.43. The van der Waals surface area contributed by atoms with Crippen molar-refractivity contribution in [2.75, 3.05) is 40.3 Å². The van der Waals surface area contributed by atoms with Crippen LogP contribution in [0.5, 0.6) is 0 Å². The largest absolute Gasteiger partial charge is 0.469 e. The van der Waals surface area contributed by atoms with Gasteiger partial charge in [-0.3, -0.25) is 14.6 Å². The average molecular weight is 506 g/mol. The van der Waals surface area contributed by atoms with Crippen LogP contribution in [0.25, 0.3) is 0 Å². The first-order chi connectivity index (χ1) is 12.9. The molecular formula is C19H28FIN4O3. The number of ether oxygens (including phenoxy) is 1. The molecule has 1 aliphatic rings. The van der Waals surface area contributed by atoms with Crippen molar-refractivity contribution in [1.82, 2.24) is 15.5 Å². The predicted octanol–water partition coefficient (Wildman–Crippen LogP) is 1.42. The minimum atomic E-state index is -0.319. The molecule has 0 saturated carbocycles. The molecule has 2 N–H and O–H groups in total. The van der Waals surface area contributed by atoms with E-state index >= 15 is 0 Å². The Hall–Kier alpha value is -1.91. The van der Waals surface area contributed by atoms with Crippen LogP contribution in [0.1, 0.15) is 12.5 Å². The van der Waals surface area contributed by atoms with Gasteiger partial charge < -0.3 is 20.3 Å². The van der Waals surface area contributed by atoms with Crippen molar-refractivity contribution in [1.29, 1.82) is 0 Å². The number of nitrogens with one attached hydrogen (secondary N) is 2. The molecule has 0 radical (unpaired) electrons. The Morgan fingerprint density at radius 1 is 1.21 bits per heavy atom. The van der Waals surface area contributed by atoms with Gasteiger partial charge in [-0.15, -0.1) is 24.0 Å². The molecule has 0 bridgehead atoms. The Balaban J connectivity index is 0.00000392. The van der Waals surface area contributed by atoms with E-state index in [0.29, 0.717) is 25.6 Å². The highest BCUT2D eigenvalue weighted by atomic mass is 127. The number of guanidine groups is 1. The van der Waals surface area contributed by atoms with Crippen molar-refractivity contribution < 1.29 is 18.7 Å². The highest BCUT2D eigenvalue weighted by Crippen LogP contribution is 2.23. The average Bonchev–Trinajstić information content (AvgIpc) is 3.04. The summed E-state index contributed by atoms with van der Waals surface area (Å²) < 4.78 is 17.7. The number of likely N-dealkylation sites (tertiary alicyclic amines) is 1. The second-order valence-corrected chi connectivity index (χ2v) is 6.64. The number of halogens is 2. The third-order valence-corrected chi connectivity index (χ3v) is 4.64. The molecule has 1 aliphatic heterocycles. The minimum absolute atomic E-state index is 0. The summed E-state index contributed by atoms with van der Waals surface area (Å²) in [6.45, 7) is 4.24. The zero-order chi connectivity index (χ0) is 19.8. The van der Waals surface area contributed by atoms with E-state index in [9.17, 15) is 14.0 Å². The zero-order valence-corrected chi connectivity index (χ0v) is 18.7. The molecule has 7 nitrogen and oxygen atoms in total. The van der Waals surface area contributed by atoms with E-state index < -0.39 is 0 Å². The molecule has 0 spiro atoms. The standard InChI is InChI=1S/C19H27FN4O3.HI/c1-13-11-24(12-16(13)18(26)27-3)19(21-2)23-9-8-22-17(25)10-14-4-6-15(20)7-5-14;/h4-7,13,16H,8-12H2,1-3H3,(H,21,23)(H,22,25);1H. The molecular weight excluding hydrogens is 478 g/mol. The number of hydrogen-bond acceptors (Lipinski definition) is 4. The van der Waals surface area contributed by atoms with Crippen LogP contribution in [0.4, 0.5) is 4.39 Å². The molecule has 1 amide bonds. The molecule has 2 rings (SSSR count). The summed E-state index contributed by atoms with van der Waals surface area (Å²) in [4.78, 5) is 30.0. The Bertz CT molecular complexity index is 684. The lowest BCUT2D eigenvalue weighted by atomic mass is 9.99. The number of rotatable bonds is 6. The molecule has 28 heavy (non-hydrogen) atoms. The number of carbonyl (C=O) groups excluding carboxylic acids is 2. The van der Waals surface area contributed by atoms with Gasteiger partial charge in [0.15, 0.2) is 5.96 Å². The van der Waals surface area contributed by atoms with Gasteiger partial charge in [-0.05, 0) is 23.6 Å². The number of carbonyl (C=O) groups is 2. The summed E-state index contributed by atoms with van der Waals surface area (Å²) in [5.74, 6) is 0.0734. The van der Waals surface area contributed by atoms with E-state index in [1.165, 1.54) is 19.2 Å². The smallest absolute Gasteiger partial charge is 0.310 e. The predicted molar refractivity (Wildman–Crippen MR) is 116 cm³/mol. The molecule has 1 saturated heterocycles. The van der Waals surface area contributed by atoms with Crippen LogP contribution in [0.15, 0.2) is 29.3 Å². The molecule has 1 aromatic carbocycles. The van der Waals surface area contributed by atoms with Crippen LogP contribution in [-0.4, -0.2) is 63.1 Å². The second kappa shape index (κ2) is 11.8. The molecule has 0 aliphatic carbocycles. The van der Waals surface area contributed by atoms with Crippen molar-refractivity contribution in [2.45, 2.75) is 13.3 Å².